The molecule has 4 rings (SSSR count). The number of benzene rings is 2. The van der Waals surface area contributed by atoms with Gasteiger partial charge in [-0.05, 0) is 81.2 Å². The van der Waals surface area contributed by atoms with Crippen LogP contribution in [0.4, 0.5) is 10.1 Å². The monoisotopic (exact) mass is 425 g/mol. The molecule has 0 aliphatic carbocycles. The molecule has 0 bridgehead atoms. The molecule has 1 amide bonds. The lowest BCUT2D eigenvalue weighted by Crippen LogP contribution is -2.45. The Labute approximate surface area is 184 Å². The SMILES string of the molecule is Cc1ccc2c(c1)OC[C@H](CC(=O)NCCCN1CCCC1)N2Cc1ccc(F)cc1. The van der Waals surface area contributed by atoms with Crippen molar-refractivity contribution in [1.29, 1.82) is 0 Å². The van der Waals surface area contributed by atoms with Crippen molar-refractivity contribution in [3.8, 4) is 5.75 Å². The average molecular weight is 426 g/mol. The zero-order valence-electron chi connectivity index (χ0n) is 18.3. The van der Waals surface area contributed by atoms with E-state index in [0.29, 0.717) is 26.1 Å². The number of hydrogen-bond acceptors (Lipinski definition) is 4. The van der Waals surface area contributed by atoms with Crippen LogP contribution in [0, 0.1) is 12.7 Å². The van der Waals surface area contributed by atoms with E-state index in [9.17, 15) is 9.18 Å². The van der Waals surface area contributed by atoms with Gasteiger partial charge in [-0.2, -0.15) is 0 Å². The fraction of sp³-hybridized carbons (Fsp3) is 0.480. The van der Waals surface area contributed by atoms with E-state index in [4.69, 9.17) is 4.74 Å². The number of ether oxygens (including phenoxy) is 1. The number of likely N-dealkylation sites (tertiary alicyclic amines) is 1. The molecule has 31 heavy (non-hydrogen) atoms. The number of carbonyl (C=O) groups excluding carboxylic acids is 1. The number of rotatable bonds is 8. The molecule has 2 aromatic carbocycles. The second kappa shape index (κ2) is 10.1. The Kier molecular flexibility index (Phi) is 7.07. The summed E-state index contributed by atoms with van der Waals surface area (Å²) in [6.45, 7) is 7.23. The van der Waals surface area contributed by atoms with Crippen LogP contribution in [0.2, 0.25) is 0 Å². The van der Waals surface area contributed by atoms with E-state index in [-0.39, 0.29) is 17.8 Å². The van der Waals surface area contributed by atoms with E-state index >= 15 is 0 Å². The third kappa shape index (κ3) is 5.76. The van der Waals surface area contributed by atoms with E-state index < -0.39 is 0 Å². The van der Waals surface area contributed by atoms with Gasteiger partial charge < -0.3 is 19.9 Å². The van der Waals surface area contributed by atoms with Gasteiger partial charge in [0.05, 0.1) is 18.2 Å². The molecular formula is C25H32FN3O2. The number of anilines is 1. The highest BCUT2D eigenvalue weighted by Crippen LogP contribution is 2.36. The predicted molar refractivity (Wildman–Crippen MR) is 121 cm³/mol. The summed E-state index contributed by atoms with van der Waals surface area (Å²) in [6.07, 6.45) is 3.93. The first-order valence-electron chi connectivity index (χ1n) is 11.3. The molecule has 0 aromatic heterocycles. The van der Waals surface area contributed by atoms with Gasteiger partial charge in [0.2, 0.25) is 5.91 Å². The standard InChI is InChI=1S/C25H32FN3O2/c1-19-5-10-23-24(15-19)31-18-22(29(23)17-20-6-8-21(26)9-7-20)16-25(30)27-11-4-14-28-12-2-3-13-28/h5-10,15,22H,2-4,11-14,16-18H2,1H3,(H,27,30)/t22-/m0/s1. The smallest absolute Gasteiger partial charge is 0.222 e. The number of halogens is 1. The van der Waals surface area contributed by atoms with Crippen molar-refractivity contribution in [2.75, 3.05) is 37.7 Å². The van der Waals surface area contributed by atoms with E-state index in [0.717, 1.165) is 35.5 Å². The maximum absolute atomic E-state index is 13.4. The highest BCUT2D eigenvalue weighted by atomic mass is 19.1. The molecule has 0 radical (unpaired) electrons. The van der Waals surface area contributed by atoms with Gasteiger partial charge >= 0.3 is 0 Å². The van der Waals surface area contributed by atoms with Crippen molar-refractivity contribution in [2.45, 2.75) is 45.2 Å². The van der Waals surface area contributed by atoms with Gasteiger partial charge in [0.1, 0.15) is 18.2 Å². The zero-order chi connectivity index (χ0) is 21.6. The van der Waals surface area contributed by atoms with Crippen molar-refractivity contribution in [3.05, 3.63) is 59.4 Å². The number of aryl methyl sites for hydroxylation is 1. The van der Waals surface area contributed by atoms with Crippen LogP contribution in [0.1, 0.15) is 36.8 Å². The Hall–Kier alpha value is -2.60. The summed E-state index contributed by atoms with van der Waals surface area (Å²) in [5.41, 5.74) is 3.12. The van der Waals surface area contributed by atoms with E-state index in [1.165, 1.54) is 38.1 Å². The van der Waals surface area contributed by atoms with Gasteiger partial charge in [-0.3, -0.25) is 4.79 Å². The minimum Gasteiger partial charge on any atom is -0.489 e. The molecular weight excluding hydrogens is 393 g/mol. The van der Waals surface area contributed by atoms with Crippen LogP contribution in [-0.2, 0) is 11.3 Å². The normalized spacial score (nSPS) is 18.5. The summed E-state index contributed by atoms with van der Waals surface area (Å²) in [5.74, 6) is 0.644. The Morgan fingerprint density at radius 2 is 1.94 bits per heavy atom. The molecule has 2 aliphatic rings. The molecule has 5 nitrogen and oxygen atoms in total. The van der Waals surface area contributed by atoms with Gasteiger partial charge in [-0.15, -0.1) is 0 Å². The van der Waals surface area contributed by atoms with Crippen LogP contribution < -0.4 is 15.0 Å². The largest absolute Gasteiger partial charge is 0.489 e. The molecule has 2 aliphatic heterocycles. The lowest BCUT2D eigenvalue weighted by Gasteiger charge is -2.38. The second-order valence-electron chi connectivity index (χ2n) is 8.65. The highest BCUT2D eigenvalue weighted by molar-refractivity contribution is 5.77. The third-order valence-electron chi connectivity index (χ3n) is 6.16. The highest BCUT2D eigenvalue weighted by Gasteiger charge is 2.29. The van der Waals surface area contributed by atoms with Gasteiger partial charge in [0.15, 0.2) is 0 Å². The lowest BCUT2D eigenvalue weighted by atomic mass is 10.0. The molecule has 1 saturated heterocycles. The molecule has 0 unspecified atom stereocenters. The second-order valence-corrected chi connectivity index (χ2v) is 8.65. The minimum absolute atomic E-state index is 0.0506. The molecule has 1 atom stereocenters. The fourth-order valence-corrected chi connectivity index (χ4v) is 4.44. The summed E-state index contributed by atoms with van der Waals surface area (Å²) in [6, 6.07) is 12.6. The molecule has 0 spiro atoms. The Morgan fingerprint density at radius 1 is 1.16 bits per heavy atom. The number of nitrogens with one attached hydrogen (secondary N) is 1. The van der Waals surface area contributed by atoms with Gasteiger partial charge in [-0.1, -0.05) is 18.2 Å². The van der Waals surface area contributed by atoms with E-state index in [1.54, 1.807) is 12.1 Å². The summed E-state index contributed by atoms with van der Waals surface area (Å²) < 4.78 is 19.4. The molecule has 6 heteroatoms. The summed E-state index contributed by atoms with van der Waals surface area (Å²) in [5, 5.41) is 3.08. The molecule has 2 heterocycles. The van der Waals surface area contributed by atoms with Crippen molar-refractivity contribution < 1.29 is 13.9 Å². The van der Waals surface area contributed by atoms with Gasteiger partial charge in [0.25, 0.3) is 0 Å². The topological polar surface area (TPSA) is 44.8 Å². The number of carbonyl (C=O) groups is 1. The van der Waals surface area contributed by atoms with Crippen molar-refractivity contribution in [2.24, 2.45) is 0 Å². The number of fused-ring (bicyclic) bond motifs is 1. The number of hydrogen-bond donors (Lipinski definition) is 1. The number of amides is 1. The Morgan fingerprint density at radius 3 is 2.71 bits per heavy atom. The van der Waals surface area contributed by atoms with Crippen molar-refractivity contribution in [3.63, 3.8) is 0 Å². The van der Waals surface area contributed by atoms with Gasteiger partial charge in [-0.25, -0.2) is 4.39 Å². The molecule has 166 valence electrons. The molecule has 0 saturated carbocycles. The molecule has 1 fully saturated rings. The average Bonchev–Trinajstić information content (AvgIpc) is 3.28. The van der Waals surface area contributed by atoms with Crippen molar-refractivity contribution in [1.82, 2.24) is 10.2 Å². The van der Waals surface area contributed by atoms with Crippen LogP contribution >= 0.6 is 0 Å². The Bertz CT molecular complexity index is 881. The third-order valence-corrected chi connectivity index (χ3v) is 6.16. The molecule has 1 N–H and O–H groups in total. The first kappa shape index (κ1) is 21.6. The number of nitrogens with zero attached hydrogens (tertiary/aromatic N) is 2. The van der Waals surface area contributed by atoms with Crippen LogP contribution in [0.25, 0.3) is 0 Å². The minimum atomic E-state index is -0.244. The predicted octanol–water partition coefficient (Wildman–Crippen LogP) is 3.89. The van der Waals surface area contributed by atoms with E-state index in [2.05, 4.69) is 21.2 Å². The van der Waals surface area contributed by atoms with Crippen LogP contribution in [0.3, 0.4) is 0 Å². The Balaban J connectivity index is 1.39. The van der Waals surface area contributed by atoms with Gasteiger partial charge in [0, 0.05) is 13.1 Å². The maximum atomic E-state index is 13.4. The summed E-state index contributed by atoms with van der Waals surface area (Å²) >= 11 is 0. The van der Waals surface area contributed by atoms with Crippen LogP contribution in [-0.4, -0.2) is 49.6 Å². The summed E-state index contributed by atoms with van der Waals surface area (Å²) in [4.78, 5) is 17.3. The van der Waals surface area contributed by atoms with Crippen LogP contribution in [0.5, 0.6) is 5.75 Å². The first-order valence-corrected chi connectivity index (χ1v) is 11.3. The molecule has 2 aromatic rings. The zero-order valence-corrected chi connectivity index (χ0v) is 18.3. The lowest BCUT2D eigenvalue weighted by molar-refractivity contribution is -0.121. The first-order chi connectivity index (χ1) is 15.1. The maximum Gasteiger partial charge on any atom is 0.222 e. The van der Waals surface area contributed by atoms with E-state index in [1.807, 2.05) is 19.1 Å². The van der Waals surface area contributed by atoms with Crippen LogP contribution in [0.15, 0.2) is 42.5 Å². The quantitative estimate of drug-likeness (QED) is 0.652. The summed E-state index contributed by atoms with van der Waals surface area (Å²) in [7, 11) is 0. The van der Waals surface area contributed by atoms with Crippen molar-refractivity contribution >= 4 is 11.6 Å². The fourth-order valence-electron chi connectivity index (χ4n) is 4.44.